The second-order valence-electron chi connectivity index (χ2n) is 15.7. The summed E-state index contributed by atoms with van der Waals surface area (Å²) in [6, 6.07) is 6.55. The van der Waals surface area contributed by atoms with Crippen molar-refractivity contribution >= 4 is 22.8 Å². The first kappa shape index (κ1) is 40.7. The first-order chi connectivity index (χ1) is 23.7. The summed E-state index contributed by atoms with van der Waals surface area (Å²) >= 11 is 0. The molecule has 0 fully saturated rings. The fourth-order valence-corrected chi connectivity index (χ4v) is 6.63. The minimum Gasteiger partial charge on any atom is -0.494 e. The lowest BCUT2D eigenvalue weighted by Crippen LogP contribution is -2.25. The first-order valence-electron chi connectivity index (χ1n) is 20.3. The van der Waals surface area contributed by atoms with Gasteiger partial charge in [0.2, 0.25) is 5.82 Å². The van der Waals surface area contributed by atoms with Crippen molar-refractivity contribution in [2.75, 3.05) is 25.1 Å². The molecule has 276 valence electrons. The number of methoxy groups -OCH3 is 1. The van der Waals surface area contributed by atoms with E-state index in [1.807, 2.05) is 0 Å². The lowest BCUT2D eigenvalue weighted by molar-refractivity contribution is 0.416. The Labute approximate surface area is 300 Å². The first-order valence-corrected chi connectivity index (χ1v) is 20.3. The highest BCUT2D eigenvalue weighted by Gasteiger charge is 2.32. The molecule has 7 nitrogen and oxygen atoms in total. The molecule has 49 heavy (non-hydrogen) atoms. The van der Waals surface area contributed by atoms with Crippen molar-refractivity contribution in [3.8, 4) is 5.75 Å². The molecule has 1 aliphatic rings. The third-order valence-corrected chi connectivity index (χ3v) is 9.79. The highest BCUT2D eigenvalue weighted by atomic mass is 16.5. The molecule has 2 aromatic rings. The molecule has 0 saturated carbocycles. The third-order valence-electron chi connectivity index (χ3n) is 9.79. The van der Waals surface area contributed by atoms with Gasteiger partial charge in [-0.05, 0) is 30.9 Å². The van der Waals surface area contributed by atoms with E-state index in [0.717, 1.165) is 41.8 Å². The Morgan fingerprint density at radius 3 is 1.67 bits per heavy atom. The second-order valence-corrected chi connectivity index (χ2v) is 15.7. The van der Waals surface area contributed by atoms with Crippen LogP contribution in [0.2, 0.25) is 0 Å². The summed E-state index contributed by atoms with van der Waals surface area (Å²) in [7, 11) is 1.75. The summed E-state index contributed by atoms with van der Waals surface area (Å²) < 4.78 is 5.98. The minimum atomic E-state index is -0.165. The summed E-state index contributed by atoms with van der Waals surface area (Å²) in [6.07, 6.45) is 27.2. The Morgan fingerprint density at radius 2 is 1.22 bits per heavy atom. The third kappa shape index (κ3) is 13.9. The van der Waals surface area contributed by atoms with Gasteiger partial charge in [-0.25, -0.2) is 9.98 Å². The van der Waals surface area contributed by atoms with Crippen molar-refractivity contribution in [3.05, 3.63) is 29.8 Å². The molecular formula is C42H72N6O. The van der Waals surface area contributed by atoms with Gasteiger partial charge in [0.05, 0.1) is 12.8 Å². The standard InChI is InChI=1S/C42H72N6O/c1-9-11-13-15-17-19-21-23-25-27-31-47(32-28-26-24-22-20-18-16-14-12-10-2)35-29-30-36(37(33-35)49-8)43-39-38(34(3)4)45-48-40(39)44-41(46-48)42(5,6)7/h29-30,33-34H,9-28,31-32H2,1-8H3. The Balaban J connectivity index is 1.67. The zero-order chi connectivity index (χ0) is 35.5. The van der Waals surface area contributed by atoms with E-state index >= 15 is 0 Å². The number of nitrogens with zero attached hydrogens (tertiary/aromatic N) is 6. The lowest BCUT2D eigenvalue weighted by atomic mass is 9.96. The van der Waals surface area contributed by atoms with Gasteiger partial charge in [0.25, 0.3) is 0 Å². The molecule has 7 heteroatoms. The van der Waals surface area contributed by atoms with Crippen LogP contribution in [0.1, 0.15) is 189 Å². The summed E-state index contributed by atoms with van der Waals surface area (Å²) in [5.74, 6) is 2.48. The van der Waals surface area contributed by atoms with E-state index in [-0.39, 0.29) is 11.3 Å². The van der Waals surface area contributed by atoms with E-state index in [9.17, 15) is 0 Å². The maximum atomic E-state index is 5.98. The number of rotatable bonds is 26. The van der Waals surface area contributed by atoms with Crippen LogP contribution in [0.4, 0.5) is 11.4 Å². The molecular weight excluding hydrogens is 605 g/mol. The monoisotopic (exact) mass is 677 g/mol. The summed E-state index contributed by atoms with van der Waals surface area (Å²) in [5, 5.41) is 9.50. The molecule has 0 N–H and O–H groups in total. The van der Waals surface area contributed by atoms with Crippen molar-refractivity contribution in [1.29, 1.82) is 0 Å². The maximum absolute atomic E-state index is 5.98. The van der Waals surface area contributed by atoms with E-state index in [0.29, 0.717) is 5.82 Å². The molecule has 0 saturated heterocycles. The van der Waals surface area contributed by atoms with Crippen LogP contribution in [0.5, 0.6) is 5.75 Å². The number of unbranched alkanes of at least 4 members (excludes halogenated alkanes) is 18. The lowest BCUT2D eigenvalue weighted by Gasteiger charge is -2.26. The number of ether oxygens (including phenoxy) is 1. The fraction of sp³-hybridized carbons (Fsp3) is 0.762. The molecule has 3 rings (SSSR count). The van der Waals surface area contributed by atoms with Gasteiger partial charge in [-0.15, -0.1) is 9.89 Å². The number of hydrogen-bond acceptors (Lipinski definition) is 6. The molecule has 0 bridgehead atoms. The average molecular weight is 677 g/mol. The van der Waals surface area contributed by atoms with Crippen LogP contribution in [0, 0.1) is 5.92 Å². The Morgan fingerprint density at radius 1 is 0.735 bits per heavy atom. The molecule has 0 amide bonds. The fourth-order valence-electron chi connectivity index (χ4n) is 6.63. The summed E-state index contributed by atoms with van der Waals surface area (Å²) in [6.45, 7) is 17.4. The molecule has 1 aromatic heterocycles. The van der Waals surface area contributed by atoms with Crippen LogP contribution < -0.4 is 9.64 Å². The molecule has 0 unspecified atom stereocenters. The van der Waals surface area contributed by atoms with E-state index in [1.54, 1.807) is 11.9 Å². The van der Waals surface area contributed by atoms with Crippen molar-refractivity contribution in [3.63, 3.8) is 0 Å². The van der Waals surface area contributed by atoms with Gasteiger partial charge in [0.15, 0.2) is 5.82 Å². The highest BCUT2D eigenvalue weighted by molar-refractivity contribution is 6.49. The van der Waals surface area contributed by atoms with E-state index in [4.69, 9.17) is 24.9 Å². The van der Waals surface area contributed by atoms with Crippen molar-refractivity contribution in [1.82, 2.24) is 14.9 Å². The Kier molecular flexibility index (Phi) is 18.4. The number of fused-ring (bicyclic) bond motifs is 1. The van der Waals surface area contributed by atoms with Crippen molar-refractivity contribution in [2.24, 2.45) is 16.0 Å². The van der Waals surface area contributed by atoms with E-state index in [1.165, 1.54) is 134 Å². The number of anilines is 1. The molecule has 0 spiro atoms. The Hall–Kier alpha value is -2.70. The maximum Gasteiger partial charge on any atom is 0.204 e. The van der Waals surface area contributed by atoms with Gasteiger partial charge in [-0.1, -0.05) is 164 Å². The van der Waals surface area contributed by atoms with Crippen LogP contribution in [-0.2, 0) is 5.41 Å². The summed E-state index contributed by atoms with van der Waals surface area (Å²) in [5.41, 5.74) is 3.57. The molecule has 0 aliphatic carbocycles. The highest BCUT2D eigenvalue weighted by Crippen LogP contribution is 2.34. The zero-order valence-electron chi connectivity index (χ0n) is 33.0. The predicted octanol–water partition coefficient (Wildman–Crippen LogP) is 12.2. The summed E-state index contributed by atoms with van der Waals surface area (Å²) in [4.78, 5) is 14.3. The van der Waals surface area contributed by atoms with Crippen molar-refractivity contribution < 1.29 is 4.74 Å². The van der Waals surface area contributed by atoms with E-state index in [2.05, 4.69) is 71.6 Å². The molecule has 1 aromatic carbocycles. The van der Waals surface area contributed by atoms with Gasteiger partial charge >= 0.3 is 0 Å². The average Bonchev–Trinajstić information content (AvgIpc) is 3.65. The van der Waals surface area contributed by atoms with Crippen LogP contribution in [0.15, 0.2) is 28.3 Å². The van der Waals surface area contributed by atoms with Crippen molar-refractivity contribution in [2.45, 2.75) is 182 Å². The molecule has 1 aliphatic heterocycles. The van der Waals surface area contributed by atoms with Crippen LogP contribution >= 0.6 is 0 Å². The minimum absolute atomic E-state index is 0.165. The number of hydrogen-bond donors (Lipinski definition) is 0. The van der Waals surface area contributed by atoms with Crippen LogP contribution in [0.25, 0.3) is 0 Å². The van der Waals surface area contributed by atoms with Gasteiger partial charge < -0.3 is 9.64 Å². The quantitative estimate of drug-likeness (QED) is 0.0930. The molecule has 2 heterocycles. The second kappa shape index (κ2) is 22.2. The Bertz CT molecular complexity index is 1250. The van der Waals surface area contributed by atoms with Gasteiger partial charge in [0.1, 0.15) is 17.1 Å². The van der Waals surface area contributed by atoms with Crippen LogP contribution in [0.3, 0.4) is 0 Å². The predicted molar refractivity (Wildman–Crippen MR) is 211 cm³/mol. The number of benzene rings is 1. The van der Waals surface area contributed by atoms with Crippen LogP contribution in [-0.4, -0.2) is 46.5 Å². The largest absolute Gasteiger partial charge is 0.494 e. The molecule has 0 radical (unpaired) electrons. The topological polar surface area (TPSA) is 67.9 Å². The smallest absolute Gasteiger partial charge is 0.204 e. The van der Waals surface area contributed by atoms with Gasteiger partial charge in [-0.3, -0.25) is 0 Å². The number of aliphatic imine (C=N–C) groups is 1. The van der Waals surface area contributed by atoms with Gasteiger partial charge in [0, 0.05) is 30.3 Å². The SMILES string of the molecule is CCCCCCCCCCCCN(CCCCCCCCCCCC)c1ccc(N=C2C(C(C)C)=Nn3nc(C(C)(C)C)nc32)c(OC)c1. The molecule has 0 atom stereocenters. The van der Waals surface area contributed by atoms with E-state index < -0.39 is 0 Å². The zero-order valence-corrected chi connectivity index (χ0v) is 33.0. The van der Waals surface area contributed by atoms with Gasteiger partial charge in [-0.2, -0.15) is 5.10 Å². The normalized spacial score (nSPS) is 13.8. The number of aromatic nitrogens is 3.